The molecular formula is C11H5N3S3. The Bertz CT molecular complexity index is 621. The molecule has 2 rings (SSSR count). The van der Waals surface area contributed by atoms with Crippen LogP contribution in [-0.2, 0) is 0 Å². The number of benzene rings is 1. The van der Waals surface area contributed by atoms with Gasteiger partial charge in [0.1, 0.15) is 5.01 Å². The first-order valence-electron chi connectivity index (χ1n) is 4.55. The topological polar surface area (TPSA) is 37.6 Å². The Labute approximate surface area is 113 Å². The minimum Gasteiger partial charge on any atom is -0.244 e. The summed E-state index contributed by atoms with van der Waals surface area (Å²) in [6.07, 6.45) is 1.74. The molecule has 0 unspecified atom stereocenters. The Kier molecular flexibility index (Phi) is 3.98. The van der Waals surface area contributed by atoms with Crippen LogP contribution in [0.25, 0.3) is 10.6 Å². The molecule has 0 saturated carbocycles. The largest absolute Gasteiger partial charge is 0.244 e. The summed E-state index contributed by atoms with van der Waals surface area (Å²) in [6.45, 7) is 0. The third-order valence-corrected chi connectivity index (χ3v) is 2.97. The fraction of sp³-hybridized carbons (Fsp3) is 0. The molecule has 3 nitrogen and oxygen atoms in total. The van der Waals surface area contributed by atoms with Crippen molar-refractivity contribution >= 4 is 57.5 Å². The second kappa shape index (κ2) is 5.68. The van der Waals surface area contributed by atoms with Gasteiger partial charge in [0, 0.05) is 17.1 Å². The van der Waals surface area contributed by atoms with E-state index in [4.69, 9.17) is 0 Å². The van der Waals surface area contributed by atoms with Crippen molar-refractivity contribution in [3.8, 4) is 10.6 Å². The summed E-state index contributed by atoms with van der Waals surface area (Å²) in [4.78, 5) is 12.1. The van der Waals surface area contributed by atoms with Gasteiger partial charge in [-0.1, -0.05) is 0 Å². The van der Waals surface area contributed by atoms with E-state index >= 15 is 0 Å². The molecule has 0 fully saturated rings. The first-order valence-corrected chi connectivity index (χ1v) is 6.24. The van der Waals surface area contributed by atoms with Gasteiger partial charge in [-0.25, -0.2) is 4.98 Å². The highest BCUT2D eigenvalue weighted by Gasteiger charge is 2.07. The number of rotatable bonds is 3. The van der Waals surface area contributed by atoms with Gasteiger partial charge in [-0.05, 0) is 42.6 Å². The van der Waals surface area contributed by atoms with Crippen LogP contribution in [0, 0.1) is 0 Å². The maximum absolute atomic E-state index is 4.63. The number of hydrogen-bond donors (Lipinski definition) is 0. The van der Waals surface area contributed by atoms with E-state index < -0.39 is 0 Å². The Morgan fingerprint density at radius 3 is 2.65 bits per heavy atom. The van der Waals surface area contributed by atoms with Gasteiger partial charge in [-0.3, -0.25) is 0 Å². The summed E-state index contributed by atoms with van der Waals surface area (Å²) in [6, 6.07) is 5.49. The molecule has 0 radical (unpaired) electrons. The van der Waals surface area contributed by atoms with Crippen LogP contribution >= 0.6 is 35.8 Å². The Morgan fingerprint density at radius 1 is 1.18 bits per heavy atom. The van der Waals surface area contributed by atoms with E-state index in [1.54, 1.807) is 12.3 Å². The van der Waals surface area contributed by atoms with Crippen molar-refractivity contribution in [2.75, 3.05) is 0 Å². The molecule has 0 saturated heterocycles. The van der Waals surface area contributed by atoms with Crippen LogP contribution < -0.4 is 0 Å². The van der Waals surface area contributed by atoms with Crippen LogP contribution in [0.4, 0.5) is 11.4 Å². The van der Waals surface area contributed by atoms with Crippen LogP contribution in [0.15, 0.2) is 39.8 Å². The summed E-state index contributed by atoms with van der Waals surface area (Å²) in [5.41, 5.74) is 2.27. The summed E-state index contributed by atoms with van der Waals surface area (Å²) in [5, 5.41) is 7.45. The number of isothiocyanates is 2. The maximum atomic E-state index is 4.63. The van der Waals surface area contributed by atoms with Crippen LogP contribution in [0.5, 0.6) is 0 Å². The lowest BCUT2D eigenvalue weighted by atomic mass is 10.1. The van der Waals surface area contributed by atoms with Crippen LogP contribution in [-0.4, -0.2) is 15.3 Å². The van der Waals surface area contributed by atoms with E-state index in [-0.39, 0.29) is 0 Å². The first kappa shape index (κ1) is 11.9. The molecule has 2 aromatic rings. The van der Waals surface area contributed by atoms with Gasteiger partial charge >= 0.3 is 0 Å². The SMILES string of the molecule is S=C=Nc1ccc(-c2nccs2)c(N=C=S)c1. The highest BCUT2D eigenvalue weighted by Crippen LogP contribution is 2.34. The molecule has 17 heavy (non-hydrogen) atoms. The number of thiazole rings is 1. The van der Waals surface area contributed by atoms with Crippen LogP contribution in [0.2, 0.25) is 0 Å². The third-order valence-electron chi connectivity index (χ3n) is 1.98. The monoisotopic (exact) mass is 275 g/mol. The average Bonchev–Trinajstić information content (AvgIpc) is 2.84. The van der Waals surface area contributed by atoms with E-state index in [9.17, 15) is 0 Å². The molecule has 6 heteroatoms. The normalized spacial score (nSPS) is 9.18. The fourth-order valence-corrected chi connectivity index (χ4v) is 2.20. The third kappa shape index (κ3) is 2.77. The van der Waals surface area contributed by atoms with Crippen molar-refractivity contribution in [2.24, 2.45) is 9.98 Å². The average molecular weight is 275 g/mol. The molecule has 0 N–H and O–H groups in total. The Morgan fingerprint density at radius 2 is 2.00 bits per heavy atom. The number of aromatic nitrogens is 1. The van der Waals surface area contributed by atoms with Crippen LogP contribution in [0.1, 0.15) is 0 Å². The lowest BCUT2D eigenvalue weighted by Gasteiger charge is -2.01. The molecule has 0 aliphatic carbocycles. The van der Waals surface area contributed by atoms with E-state index in [1.165, 1.54) is 11.3 Å². The van der Waals surface area contributed by atoms with Gasteiger partial charge in [0.05, 0.1) is 21.7 Å². The summed E-state index contributed by atoms with van der Waals surface area (Å²) in [5.74, 6) is 0. The second-order valence-corrected chi connectivity index (χ2v) is 4.20. The Hall–Kier alpha value is -1.55. The van der Waals surface area contributed by atoms with E-state index in [0.29, 0.717) is 11.4 Å². The second-order valence-electron chi connectivity index (χ2n) is 2.94. The van der Waals surface area contributed by atoms with Gasteiger partial charge in [-0.15, -0.1) is 11.3 Å². The fourth-order valence-electron chi connectivity index (χ4n) is 1.32. The van der Waals surface area contributed by atoms with Crippen LogP contribution in [0.3, 0.4) is 0 Å². The van der Waals surface area contributed by atoms with Crippen molar-refractivity contribution in [2.45, 2.75) is 0 Å². The lowest BCUT2D eigenvalue weighted by Crippen LogP contribution is -1.77. The molecule has 82 valence electrons. The van der Waals surface area contributed by atoms with Gasteiger partial charge in [0.2, 0.25) is 0 Å². The summed E-state index contributed by atoms with van der Waals surface area (Å²) >= 11 is 10.7. The van der Waals surface area contributed by atoms with E-state index in [1.807, 2.05) is 17.5 Å². The number of thiocarbonyl (C=S) groups is 2. The zero-order valence-corrected chi connectivity index (χ0v) is 10.9. The molecule has 1 aromatic carbocycles. The van der Waals surface area contributed by atoms with Gasteiger partial charge < -0.3 is 0 Å². The summed E-state index contributed by atoms with van der Waals surface area (Å²) in [7, 11) is 0. The predicted octanol–water partition coefficient (Wildman–Crippen LogP) is 4.28. The maximum Gasteiger partial charge on any atom is 0.125 e. The van der Waals surface area contributed by atoms with Crippen molar-refractivity contribution in [3.63, 3.8) is 0 Å². The molecule has 0 bridgehead atoms. The molecule has 0 amide bonds. The van der Waals surface area contributed by atoms with Crippen molar-refractivity contribution < 1.29 is 0 Å². The van der Waals surface area contributed by atoms with Gasteiger partial charge in [0.25, 0.3) is 0 Å². The van der Waals surface area contributed by atoms with Crippen molar-refractivity contribution in [3.05, 3.63) is 29.8 Å². The Balaban J connectivity index is 2.60. The molecule has 0 spiro atoms. The zero-order chi connectivity index (χ0) is 12.1. The minimum absolute atomic E-state index is 0.682. The molecule has 1 aromatic heterocycles. The van der Waals surface area contributed by atoms with Crippen molar-refractivity contribution in [1.82, 2.24) is 4.98 Å². The summed E-state index contributed by atoms with van der Waals surface area (Å²) < 4.78 is 0. The minimum atomic E-state index is 0.682. The number of nitrogens with zero attached hydrogens (tertiary/aromatic N) is 3. The predicted molar refractivity (Wildman–Crippen MR) is 76.9 cm³/mol. The number of aliphatic imine (C=N–C) groups is 2. The molecular weight excluding hydrogens is 270 g/mol. The highest BCUT2D eigenvalue weighted by atomic mass is 32.1. The first-order chi connectivity index (χ1) is 8.35. The quantitative estimate of drug-likeness (QED) is 0.620. The van der Waals surface area contributed by atoms with Crippen molar-refractivity contribution in [1.29, 1.82) is 0 Å². The highest BCUT2D eigenvalue weighted by molar-refractivity contribution is 7.78. The van der Waals surface area contributed by atoms with E-state index in [2.05, 4.69) is 49.7 Å². The van der Waals surface area contributed by atoms with Gasteiger partial charge in [0.15, 0.2) is 0 Å². The molecule has 0 aliphatic rings. The van der Waals surface area contributed by atoms with E-state index in [0.717, 1.165) is 10.6 Å². The lowest BCUT2D eigenvalue weighted by molar-refractivity contribution is 1.40. The van der Waals surface area contributed by atoms with Gasteiger partial charge in [-0.2, -0.15) is 9.98 Å². The smallest absolute Gasteiger partial charge is 0.125 e. The molecule has 1 heterocycles. The zero-order valence-electron chi connectivity index (χ0n) is 8.45. The molecule has 0 aliphatic heterocycles. The molecule has 0 atom stereocenters. The number of hydrogen-bond acceptors (Lipinski definition) is 6. The standard InChI is InChI=1S/C11H5N3S3/c15-6-13-8-1-2-9(10(5-8)14-7-16)11-12-3-4-17-11/h1-5H.